The van der Waals surface area contributed by atoms with E-state index in [2.05, 4.69) is 29.6 Å². The molecule has 1 N–H and O–H groups in total. The van der Waals surface area contributed by atoms with Gasteiger partial charge in [-0.05, 0) is 62.2 Å². The summed E-state index contributed by atoms with van der Waals surface area (Å²) in [7, 11) is 1.99. The summed E-state index contributed by atoms with van der Waals surface area (Å²) < 4.78 is 0. The molecule has 1 amide bonds. The van der Waals surface area contributed by atoms with Crippen molar-refractivity contribution in [1.82, 2.24) is 10.2 Å². The van der Waals surface area contributed by atoms with Crippen LogP contribution in [0.2, 0.25) is 0 Å². The third kappa shape index (κ3) is 4.02. The van der Waals surface area contributed by atoms with Gasteiger partial charge < -0.3 is 10.2 Å². The Morgan fingerprint density at radius 3 is 2.36 bits per heavy atom. The molecule has 2 aliphatic rings. The zero-order valence-electron chi connectivity index (χ0n) is 13.4. The molecule has 122 valence electrons. The predicted octanol–water partition coefficient (Wildman–Crippen LogP) is 2.81. The zero-order chi connectivity index (χ0) is 14.7. The average Bonchev–Trinajstić information content (AvgIpc) is 2.97. The van der Waals surface area contributed by atoms with E-state index in [-0.39, 0.29) is 12.4 Å². The van der Waals surface area contributed by atoms with Crippen molar-refractivity contribution in [2.24, 2.45) is 5.92 Å². The molecule has 3 rings (SSSR count). The number of carbonyl (C=O) groups excluding carboxylic acids is 1. The van der Waals surface area contributed by atoms with E-state index in [1.807, 2.05) is 11.9 Å². The van der Waals surface area contributed by atoms with Crippen LogP contribution in [0.1, 0.15) is 36.8 Å². The van der Waals surface area contributed by atoms with Crippen LogP contribution >= 0.6 is 12.4 Å². The van der Waals surface area contributed by atoms with Crippen LogP contribution in [0, 0.1) is 5.92 Å². The van der Waals surface area contributed by atoms with E-state index in [1.54, 1.807) is 0 Å². The molecule has 1 aliphatic carbocycles. The maximum atomic E-state index is 12.4. The molecule has 4 heteroatoms. The first-order chi connectivity index (χ1) is 10.2. The van der Waals surface area contributed by atoms with E-state index in [0.29, 0.717) is 18.4 Å². The lowest BCUT2D eigenvalue weighted by atomic mass is 9.93. The number of amides is 1. The molecule has 0 saturated carbocycles. The van der Waals surface area contributed by atoms with Crippen LogP contribution in [0.5, 0.6) is 0 Å². The lowest BCUT2D eigenvalue weighted by Crippen LogP contribution is -2.38. The van der Waals surface area contributed by atoms with Gasteiger partial charge in [-0.2, -0.15) is 0 Å². The number of nitrogens with zero attached hydrogens (tertiary/aromatic N) is 1. The van der Waals surface area contributed by atoms with Crippen molar-refractivity contribution in [3.63, 3.8) is 0 Å². The summed E-state index contributed by atoms with van der Waals surface area (Å²) in [6, 6.07) is 8.95. The number of nitrogens with one attached hydrogen (secondary N) is 1. The molecule has 1 saturated heterocycles. The minimum atomic E-state index is 0. The molecule has 3 nitrogen and oxygen atoms in total. The van der Waals surface area contributed by atoms with E-state index in [9.17, 15) is 4.79 Å². The summed E-state index contributed by atoms with van der Waals surface area (Å²) in [6.45, 7) is 2.24. The number of hydrogen-bond donors (Lipinski definition) is 1. The fraction of sp³-hybridized carbons (Fsp3) is 0.611. The fourth-order valence-corrected chi connectivity index (χ4v) is 3.69. The number of halogens is 1. The summed E-state index contributed by atoms with van der Waals surface area (Å²) >= 11 is 0. The monoisotopic (exact) mass is 322 g/mol. The van der Waals surface area contributed by atoms with Gasteiger partial charge in [0.15, 0.2) is 0 Å². The molecule has 22 heavy (non-hydrogen) atoms. The molecule has 1 aromatic rings. The Labute approximate surface area is 139 Å². The van der Waals surface area contributed by atoms with Gasteiger partial charge in [-0.25, -0.2) is 0 Å². The van der Waals surface area contributed by atoms with E-state index in [1.165, 1.54) is 24.0 Å². The lowest BCUT2D eigenvalue weighted by molar-refractivity contribution is -0.132. The summed E-state index contributed by atoms with van der Waals surface area (Å²) in [5.41, 5.74) is 2.83. The number of hydrogen-bond acceptors (Lipinski definition) is 2. The highest BCUT2D eigenvalue weighted by Gasteiger charge is 2.27. The third-order valence-corrected chi connectivity index (χ3v) is 5.20. The van der Waals surface area contributed by atoms with Gasteiger partial charge in [-0.15, -0.1) is 12.4 Å². The van der Waals surface area contributed by atoms with Crippen LogP contribution < -0.4 is 5.32 Å². The average molecular weight is 323 g/mol. The number of fused-ring (bicyclic) bond motifs is 1. The Bertz CT molecular complexity index is 475. The summed E-state index contributed by atoms with van der Waals surface area (Å²) in [5.74, 6) is 1.07. The molecule has 0 unspecified atom stereocenters. The van der Waals surface area contributed by atoms with Crippen molar-refractivity contribution in [2.45, 2.75) is 44.6 Å². The Kier molecular flexibility index (Phi) is 6.27. The van der Waals surface area contributed by atoms with Crippen molar-refractivity contribution in [2.75, 3.05) is 20.1 Å². The first-order valence-electron chi connectivity index (χ1n) is 8.27. The van der Waals surface area contributed by atoms with Crippen molar-refractivity contribution >= 4 is 18.3 Å². The molecule has 0 atom stereocenters. The Morgan fingerprint density at radius 2 is 1.77 bits per heavy atom. The first kappa shape index (κ1) is 17.3. The molecule has 0 aromatic heterocycles. The van der Waals surface area contributed by atoms with E-state index >= 15 is 0 Å². The highest BCUT2D eigenvalue weighted by Crippen LogP contribution is 2.26. The fourth-order valence-electron chi connectivity index (χ4n) is 3.69. The summed E-state index contributed by atoms with van der Waals surface area (Å²) in [6.07, 6.45) is 6.27. The quantitative estimate of drug-likeness (QED) is 0.924. The second kappa shape index (κ2) is 7.98. The predicted molar refractivity (Wildman–Crippen MR) is 92.5 cm³/mol. The summed E-state index contributed by atoms with van der Waals surface area (Å²) in [5, 5.41) is 3.38. The van der Waals surface area contributed by atoms with Gasteiger partial charge >= 0.3 is 0 Å². The highest BCUT2D eigenvalue weighted by molar-refractivity contribution is 5.85. The van der Waals surface area contributed by atoms with Crippen LogP contribution in [0.3, 0.4) is 0 Å². The number of piperidine rings is 1. The van der Waals surface area contributed by atoms with Crippen LogP contribution in [-0.4, -0.2) is 37.0 Å². The number of likely N-dealkylation sites (N-methyl/N-ethyl adjacent to an activating group) is 1. The van der Waals surface area contributed by atoms with Crippen molar-refractivity contribution in [3.8, 4) is 0 Å². The molecule has 1 heterocycles. The first-order valence-corrected chi connectivity index (χ1v) is 8.27. The largest absolute Gasteiger partial charge is 0.342 e. The molecule has 1 aromatic carbocycles. The topological polar surface area (TPSA) is 32.3 Å². The van der Waals surface area contributed by atoms with Gasteiger partial charge in [0.1, 0.15) is 0 Å². The van der Waals surface area contributed by atoms with Crippen molar-refractivity contribution in [1.29, 1.82) is 0 Å². The molecular formula is C18H27ClN2O. The van der Waals surface area contributed by atoms with Gasteiger partial charge in [-0.1, -0.05) is 24.3 Å². The Balaban J connectivity index is 0.00000176. The molecule has 0 radical (unpaired) electrons. The van der Waals surface area contributed by atoms with Crippen molar-refractivity contribution in [3.05, 3.63) is 35.4 Å². The van der Waals surface area contributed by atoms with Crippen LogP contribution in [-0.2, 0) is 17.6 Å². The second-order valence-corrected chi connectivity index (χ2v) is 6.57. The molecule has 1 aliphatic heterocycles. The van der Waals surface area contributed by atoms with E-state index in [4.69, 9.17) is 0 Å². The van der Waals surface area contributed by atoms with Gasteiger partial charge in [0.25, 0.3) is 0 Å². The second-order valence-electron chi connectivity index (χ2n) is 6.57. The standard InChI is InChI=1S/C18H26N2O.ClH/c1-20(17-12-15-4-2-3-5-16(15)13-17)18(21)7-6-14-8-10-19-11-9-14;/h2-5,14,17,19H,6-13H2,1H3;1H. The van der Waals surface area contributed by atoms with E-state index in [0.717, 1.165) is 38.3 Å². The number of benzene rings is 1. The van der Waals surface area contributed by atoms with Crippen LogP contribution in [0.4, 0.5) is 0 Å². The van der Waals surface area contributed by atoms with Gasteiger partial charge in [-0.3, -0.25) is 4.79 Å². The number of rotatable bonds is 4. The molecule has 0 bridgehead atoms. The maximum Gasteiger partial charge on any atom is 0.222 e. The molecule has 0 spiro atoms. The SMILES string of the molecule is CN(C(=O)CCC1CCNCC1)C1Cc2ccccc2C1.Cl. The summed E-state index contributed by atoms with van der Waals surface area (Å²) in [4.78, 5) is 14.4. The van der Waals surface area contributed by atoms with Crippen molar-refractivity contribution < 1.29 is 4.79 Å². The van der Waals surface area contributed by atoms with Crippen LogP contribution in [0.25, 0.3) is 0 Å². The van der Waals surface area contributed by atoms with E-state index < -0.39 is 0 Å². The minimum Gasteiger partial charge on any atom is -0.342 e. The lowest BCUT2D eigenvalue weighted by Gasteiger charge is -2.26. The highest BCUT2D eigenvalue weighted by atomic mass is 35.5. The van der Waals surface area contributed by atoms with Crippen LogP contribution in [0.15, 0.2) is 24.3 Å². The van der Waals surface area contributed by atoms with Gasteiger partial charge in [0.05, 0.1) is 0 Å². The third-order valence-electron chi connectivity index (χ3n) is 5.20. The Morgan fingerprint density at radius 1 is 1.18 bits per heavy atom. The number of carbonyl (C=O) groups is 1. The maximum absolute atomic E-state index is 12.4. The zero-order valence-corrected chi connectivity index (χ0v) is 14.2. The minimum absolute atomic E-state index is 0. The van der Waals surface area contributed by atoms with Gasteiger partial charge in [0.2, 0.25) is 5.91 Å². The molecular weight excluding hydrogens is 296 g/mol. The van der Waals surface area contributed by atoms with Gasteiger partial charge in [0, 0.05) is 19.5 Å². The molecule has 1 fully saturated rings. The smallest absolute Gasteiger partial charge is 0.222 e. The normalized spacial score (nSPS) is 18.6. The Hall–Kier alpha value is -1.06.